The van der Waals surface area contributed by atoms with Crippen LogP contribution in [0.1, 0.15) is 66.2 Å². The van der Waals surface area contributed by atoms with Gasteiger partial charge in [-0.2, -0.15) is 0 Å². The van der Waals surface area contributed by atoms with E-state index in [0.29, 0.717) is 23.8 Å². The van der Waals surface area contributed by atoms with Crippen molar-refractivity contribution in [2.45, 2.75) is 66.2 Å². The molecule has 1 heterocycles. The van der Waals surface area contributed by atoms with Gasteiger partial charge in [0.25, 0.3) is 0 Å². The molecule has 6 heteroatoms. The predicted octanol–water partition coefficient (Wildman–Crippen LogP) is 5.71. The zero-order valence-electron chi connectivity index (χ0n) is 22.6. The molecular weight excluding hydrogens is 466 g/mol. The van der Waals surface area contributed by atoms with Crippen molar-refractivity contribution in [3.63, 3.8) is 0 Å². The molecule has 1 N–H and O–H groups in total. The summed E-state index contributed by atoms with van der Waals surface area (Å²) in [4.78, 5) is 42.5. The molecule has 7 rings (SSSR count). The van der Waals surface area contributed by atoms with Gasteiger partial charge in [0.15, 0.2) is 0 Å². The number of para-hydroxylation sites is 2. The molecule has 37 heavy (non-hydrogen) atoms. The highest BCUT2D eigenvalue weighted by Crippen LogP contribution is 2.74. The molecule has 1 spiro atoms. The number of nitrogens with zero attached hydrogens (tertiary/aromatic N) is 1. The number of benzene rings is 1. The summed E-state index contributed by atoms with van der Waals surface area (Å²) in [6.07, 6.45) is 7.42. The van der Waals surface area contributed by atoms with Crippen molar-refractivity contribution < 1.29 is 24.2 Å². The van der Waals surface area contributed by atoms with Crippen LogP contribution in [0.2, 0.25) is 0 Å². The Hall–Kier alpha value is -2.63. The number of ether oxygens (including phenoxy) is 1. The first-order valence-corrected chi connectivity index (χ1v) is 14.0. The fourth-order valence-corrected chi connectivity index (χ4v) is 10.0. The second kappa shape index (κ2) is 7.94. The van der Waals surface area contributed by atoms with E-state index in [9.17, 15) is 19.5 Å². The number of carboxylic acids is 1. The van der Waals surface area contributed by atoms with E-state index in [0.717, 1.165) is 32.1 Å². The minimum absolute atomic E-state index is 0.0154. The highest BCUT2D eigenvalue weighted by molar-refractivity contribution is 6.23. The summed E-state index contributed by atoms with van der Waals surface area (Å²) in [7, 11) is 1.57. The molecule has 0 aromatic heterocycles. The summed E-state index contributed by atoms with van der Waals surface area (Å²) in [5, 5.41) is 10.3. The average molecular weight is 506 g/mol. The number of aliphatic carboxylic acids is 1. The molecular formula is C31H39NO5. The first kappa shape index (κ1) is 24.7. The second-order valence-electron chi connectivity index (χ2n) is 13.2. The van der Waals surface area contributed by atoms with Crippen LogP contribution in [-0.4, -0.2) is 30.0 Å². The number of carbonyl (C=O) groups excluding carboxylic acids is 2. The Kier molecular flexibility index (Phi) is 5.30. The van der Waals surface area contributed by atoms with Crippen LogP contribution in [-0.2, 0) is 14.4 Å². The van der Waals surface area contributed by atoms with Gasteiger partial charge in [-0.05, 0) is 80.2 Å². The lowest BCUT2D eigenvalue weighted by Crippen LogP contribution is -2.65. The van der Waals surface area contributed by atoms with E-state index in [-0.39, 0.29) is 40.9 Å². The van der Waals surface area contributed by atoms with Gasteiger partial charge in [0.1, 0.15) is 5.75 Å². The molecule has 8 unspecified atom stereocenters. The maximum Gasteiger partial charge on any atom is 0.309 e. The third kappa shape index (κ3) is 2.96. The first-order valence-electron chi connectivity index (χ1n) is 14.0. The third-order valence-corrected chi connectivity index (χ3v) is 11.5. The minimum Gasteiger partial charge on any atom is -0.495 e. The van der Waals surface area contributed by atoms with Crippen molar-refractivity contribution in [3.8, 4) is 5.75 Å². The lowest BCUT2D eigenvalue weighted by molar-refractivity contribution is -0.194. The van der Waals surface area contributed by atoms with Gasteiger partial charge in [-0.15, -0.1) is 0 Å². The summed E-state index contributed by atoms with van der Waals surface area (Å²) < 4.78 is 5.56. The predicted molar refractivity (Wildman–Crippen MR) is 140 cm³/mol. The van der Waals surface area contributed by atoms with Crippen molar-refractivity contribution in [2.24, 2.45) is 51.8 Å². The number of fused-ring (bicyclic) bond motifs is 1. The van der Waals surface area contributed by atoms with Crippen molar-refractivity contribution in [2.75, 3.05) is 12.0 Å². The Bertz CT molecular complexity index is 1220. The van der Waals surface area contributed by atoms with E-state index in [1.54, 1.807) is 19.2 Å². The highest BCUT2D eigenvalue weighted by Gasteiger charge is 2.73. The molecule has 5 aliphatic carbocycles. The number of imide groups is 1. The van der Waals surface area contributed by atoms with Crippen LogP contribution in [0.4, 0.5) is 5.69 Å². The number of methoxy groups -OCH3 is 1. The monoisotopic (exact) mass is 505 g/mol. The van der Waals surface area contributed by atoms with E-state index < -0.39 is 22.7 Å². The molecule has 0 radical (unpaired) electrons. The van der Waals surface area contributed by atoms with Crippen molar-refractivity contribution >= 4 is 23.5 Å². The quantitative estimate of drug-likeness (QED) is 0.419. The molecule has 1 aromatic rings. The Labute approximate surface area is 219 Å². The number of allylic oxidation sites excluding steroid dienone is 2. The normalized spacial score (nSPS) is 42.3. The second-order valence-corrected chi connectivity index (χ2v) is 13.2. The highest BCUT2D eigenvalue weighted by atomic mass is 16.5. The fraction of sp³-hybridized carbons (Fsp3) is 0.645. The summed E-state index contributed by atoms with van der Waals surface area (Å²) in [5.74, 6) is -0.527. The van der Waals surface area contributed by atoms with Gasteiger partial charge >= 0.3 is 5.97 Å². The van der Waals surface area contributed by atoms with E-state index in [1.807, 2.05) is 19.1 Å². The number of anilines is 1. The van der Waals surface area contributed by atoms with Crippen LogP contribution in [0, 0.1) is 51.8 Å². The number of carbonyl (C=O) groups is 3. The van der Waals surface area contributed by atoms with Gasteiger partial charge in [0.05, 0.1) is 30.0 Å². The largest absolute Gasteiger partial charge is 0.495 e. The van der Waals surface area contributed by atoms with Gasteiger partial charge < -0.3 is 9.84 Å². The number of hydrogen-bond acceptors (Lipinski definition) is 4. The summed E-state index contributed by atoms with van der Waals surface area (Å²) in [5.41, 5.74) is 0.523. The van der Waals surface area contributed by atoms with Crippen LogP contribution >= 0.6 is 0 Å². The van der Waals surface area contributed by atoms with Gasteiger partial charge in [-0.3, -0.25) is 14.4 Å². The standard InChI is InChI=1S/C31H39NO5/c1-17(2)19-16-31-14-11-22-29(3,12-8-13-30(22,4)28(35)36)23(31)15-18(19)24-25(31)27(34)32(26(24)33)20-9-6-7-10-21(20)37-5/h6-7,9-10,16-18,22-25H,8,11-15H2,1-5H3,(H,35,36). The fourth-order valence-electron chi connectivity index (χ4n) is 10.0. The molecule has 2 bridgehead atoms. The molecule has 6 aliphatic rings. The maximum absolute atomic E-state index is 14.4. The van der Waals surface area contributed by atoms with Gasteiger partial charge in [-0.25, -0.2) is 4.90 Å². The average Bonchev–Trinajstić information content (AvgIpc) is 3.15. The molecule has 2 amide bonds. The summed E-state index contributed by atoms with van der Waals surface area (Å²) >= 11 is 0. The molecule has 1 aliphatic heterocycles. The Morgan fingerprint density at radius 2 is 1.81 bits per heavy atom. The third-order valence-electron chi connectivity index (χ3n) is 11.5. The topological polar surface area (TPSA) is 83.9 Å². The van der Waals surface area contributed by atoms with Crippen LogP contribution in [0.25, 0.3) is 0 Å². The van der Waals surface area contributed by atoms with E-state index in [2.05, 4.69) is 26.8 Å². The van der Waals surface area contributed by atoms with Gasteiger partial charge in [0, 0.05) is 5.41 Å². The molecule has 198 valence electrons. The van der Waals surface area contributed by atoms with Crippen molar-refractivity contribution in [1.29, 1.82) is 0 Å². The Balaban J connectivity index is 1.50. The number of carboxylic acid groups (broad SMARTS) is 1. The van der Waals surface area contributed by atoms with Crippen molar-refractivity contribution in [1.82, 2.24) is 0 Å². The number of rotatable bonds is 4. The molecule has 8 atom stereocenters. The summed E-state index contributed by atoms with van der Waals surface area (Å²) in [6, 6.07) is 7.29. The van der Waals surface area contributed by atoms with Gasteiger partial charge in [-0.1, -0.05) is 51.0 Å². The van der Waals surface area contributed by atoms with Crippen LogP contribution in [0.3, 0.4) is 0 Å². The SMILES string of the molecule is COc1ccccc1N1C(=O)C2C3CC4C5(C)CCCC(C)(C(=O)O)C5CCC4(C=C3C(C)C)C2C1=O. The maximum atomic E-state index is 14.4. The zero-order chi connectivity index (χ0) is 26.5. The van der Waals surface area contributed by atoms with E-state index in [1.165, 1.54) is 10.5 Å². The Morgan fingerprint density at radius 1 is 1.08 bits per heavy atom. The lowest BCUT2D eigenvalue weighted by Gasteiger charge is -2.68. The van der Waals surface area contributed by atoms with Crippen LogP contribution in [0.5, 0.6) is 5.75 Å². The number of amides is 2. The van der Waals surface area contributed by atoms with Gasteiger partial charge in [0.2, 0.25) is 11.8 Å². The van der Waals surface area contributed by atoms with E-state index >= 15 is 0 Å². The lowest BCUT2D eigenvalue weighted by atomic mass is 9.34. The molecule has 3 saturated carbocycles. The Morgan fingerprint density at radius 3 is 2.49 bits per heavy atom. The van der Waals surface area contributed by atoms with E-state index in [4.69, 9.17) is 4.74 Å². The molecule has 1 aromatic carbocycles. The zero-order valence-corrected chi connectivity index (χ0v) is 22.6. The first-order chi connectivity index (χ1) is 17.5. The molecule has 1 saturated heterocycles. The minimum atomic E-state index is -0.742. The van der Waals surface area contributed by atoms with Crippen LogP contribution in [0.15, 0.2) is 35.9 Å². The number of hydrogen-bond donors (Lipinski definition) is 1. The van der Waals surface area contributed by atoms with Crippen LogP contribution < -0.4 is 9.64 Å². The van der Waals surface area contributed by atoms with Crippen molar-refractivity contribution in [3.05, 3.63) is 35.9 Å². The summed E-state index contributed by atoms with van der Waals surface area (Å²) in [6.45, 7) is 8.65. The molecule has 6 nitrogen and oxygen atoms in total. The smallest absolute Gasteiger partial charge is 0.309 e. The molecule has 4 fully saturated rings.